The summed E-state index contributed by atoms with van der Waals surface area (Å²) in [5.41, 5.74) is 0.596. The van der Waals surface area contributed by atoms with Gasteiger partial charge < -0.3 is 19.3 Å². The molecule has 4 rings (SSSR count). The number of hydrogen-bond donors (Lipinski definition) is 1. The fraction of sp³-hybridized carbons (Fsp3) is 0.458. The molecule has 2 aliphatic carbocycles. The second-order valence-corrected chi connectivity index (χ2v) is 8.70. The van der Waals surface area contributed by atoms with Gasteiger partial charge in [0.25, 0.3) is 0 Å². The highest BCUT2D eigenvalue weighted by atomic mass is 19.1. The Morgan fingerprint density at radius 2 is 1.71 bits per heavy atom. The Hall–Kier alpha value is -2.51. The van der Waals surface area contributed by atoms with Crippen LogP contribution in [0.2, 0.25) is 0 Å². The molecule has 0 atom stereocenters. The average Bonchev–Trinajstić information content (AvgIpc) is 3.25. The quantitative estimate of drug-likeness (QED) is 0.565. The Kier molecular flexibility index (Phi) is 6.25. The van der Waals surface area contributed by atoms with Crippen molar-refractivity contribution in [3.05, 3.63) is 59.7 Å². The van der Waals surface area contributed by atoms with Crippen LogP contribution in [0.1, 0.15) is 37.7 Å². The smallest absolute Gasteiger partial charge is 0.329 e. The van der Waals surface area contributed by atoms with Crippen molar-refractivity contribution in [1.82, 2.24) is 0 Å². The van der Waals surface area contributed by atoms with E-state index in [1.54, 1.807) is 6.07 Å². The van der Waals surface area contributed by atoms with Crippen molar-refractivity contribution in [3.8, 4) is 11.5 Å². The molecule has 2 saturated carbocycles. The van der Waals surface area contributed by atoms with E-state index in [9.17, 15) is 13.6 Å². The van der Waals surface area contributed by atoms with E-state index in [-0.39, 0.29) is 23.4 Å². The summed E-state index contributed by atoms with van der Waals surface area (Å²) in [5.74, 6) is -0.917. The fourth-order valence-corrected chi connectivity index (χ4v) is 4.87. The molecule has 1 N–H and O–H groups in total. The maximum atomic E-state index is 14.1. The number of carbonyl (C=O) groups is 1. The third-order valence-electron chi connectivity index (χ3n) is 6.33. The third-order valence-corrected chi connectivity index (χ3v) is 6.33. The number of aliphatic carboxylic acids is 1. The molecule has 0 saturated heterocycles. The topological polar surface area (TPSA) is 65.0 Å². The molecule has 31 heavy (non-hydrogen) atoms. The van der Waals surface area contributed by atoms with Crippen molar-refractivity contribution < 1.29 is 32.9 Å². The maximum absolute atomic E-state index is 14.1. The molecule has 2 aromatic carbocycles. The highest BCUT2D eigenvalue weighted by Crippen LogP contribution is 2.58. The molecular formula is C24H26F2O5. The van der Waals surface area contributed by atoms with Gasteiger partial charge in [-0.25, -0.2) is 13.6 Å². The van der Waals surface area contributed by atoms with Crippen molar-refractivity contribution in [2.45, 2.75) is 44.1 Å². The first-order valence-corrected chi connectivity index (χ1v) is 10.5. The van der Waals surface area contributed by atoms with E-state index >= 15 is 0 Å². The minimum absolute atomic E-state index is 0.0183. The van der Waals surface area contributed by atoms with Crippen LogP contribution in [0, 0.1) is 17.0 Å². The van der Waals surface area contributed by atoms with E-state index < -0.39 is 11.8 Å². The van der Waals surface area contributed by atoms with Crippen LogP contribution in [-0.4, -0.2) is 36.5 Å². The monoisotopic (exact) mass is 432 g/mol. The van der Waals surface area contributed by atoms with Gasteiger partial charge in [0.1, 0.15) is 29.7 Å². The highest BCUT2D eigenvalue weighted by Gasteiger charge is 2.55. The van der Waals surface area contributed by atoms with Crippen LogP contribution >= 0.6 is 0 Å². The van der Waals surface area contributed by atoms with Crippen molar-refractivity contribution >= 4 is 5.97 Å². The first kappa shape index (κ1) is 21.7. The summed E-state index contributed by atoms with van der Waals surface area (Å²) in [5, 5.41) is 8.76. The summed E-state index contributed by atoms with van der Waals surface area (Å²) in [4.78, 5) is 10.7. The number of rotatable bonds is 10. The number of carboxylic acids is 1. The van der Waals surface area contributed by atoms with E-state index in [0.717, 1.165) is 37.7 Å². The third kappa shape index (κ3) is 5.40. The van der Waals surface area contributed by atoms with E-state index in [1.165, 1.54) is 36.4 Å². The molecule has 2 aromatic rings. The summed E-state index contributed by atoms with van der Waals surface area (Å²) in [6.45, 7) is 0.654. The maximum Gasteiger partial charge on any atom is 0.329 e. The molecule has 5 nitrogen and oxygen atoms in total. The van der Waals surface area contributed by atoms with Gasteiger partial charge in [-0.3, -0.25) is 0 Å². The second kappa shape index (κ2) is 8.93. The van der Waals surface area contributed by atoms with Gasteiger partial charge in [-0.2, -0.15) is 0 Å². The molecule has 0 aliphatic heterocycles. The zero-order valence-electron chi connectivity index (χ0n) is 17.2. The van der Waals surface area contributed by atoms with E-state index in [1.807, 2.05) is 0 Å². The van der Waals surface area contributed by atoms with Gasteiger partial charge in [-0.1, -0.05) is 0 Å². The number of fused-ring (bicyclic) bond motifs is 2. The molecule has 2 fully saturated rings. The minimum Gasteiger partial charge on any atom is -0.480 e. The van der Waals surface area contributed by atoms with Gasteiger partial charge in [-0.15, -0.1) is 0 Å². The molecule has 2 aliphatic rings. The van der Waals surface area contributed by atoms with Gasteiger partial charge in [0.05, 0.1) is 18.8 Å². The standard InChI is InChI=1S/C24H26F2O5/c25-18-1-3-20(4-2-18)31-21-12-17(11-19(26)13-21)5-10-30-24-8-6-23(15-24,7-9-24)16-29-14-22(27)28/h1-4,11-13H,5-10,14-16H2,(H,27,28). The molecule has 0 radical (unpaired) electrons. The number of ether oxygens (including phenoxy) is 3. The average molecular weight is 432 g/mol. The van der Waals surface area contributed by atoms with Crippen LogP contribution < -0.4 is 4.74 Å². The van der Waals surface area contributed by atoms with Crippen LogP contribution in [0.4, 0.5) is 8.78 Å². The molecule has 0 heterocycles. The van der Waals surface area contributed by atoms with Crippen LogP contribution in [0.15, 0.2) is 42.5 Å². The second-order valence-electron chi connectivity index (χ2n) is 8.70. The van der Waals surface area contributed by atoms with Gasteiger partial charge in [0, 0.05) is 6.07 Å². The molecular weight excluding hydrogens is 406 g/mol. The number of carboxylic acid groups (broad SMARTS) is 1. The molecule has 2 bridgehead atoms. The van der Waals surface area contributed by atoms with Crippen LogP contribution in [0.25, 0.3) is 0 Å². The van der Waals surface area contributed by atoms with Crippen molar-refractivity contribution in [3.63, 3.8) is 0 Å². The van der Waals surface area contributed by atoms with Crippen molar-refractivity contribution in [1.29, 1.82) is 0 Å². The van der Waals surface area contributed by atoms with Crippen molar-refractivity contribution in [2.75, 3.05) is 19.8 Å². The molecule has 0 aromatic heterocycles. The molecule has 0 unspecified atom stereocenters. The zero-order chi connectivity index (χ0) is 21.9. The van der Waals surface area contributed by atoms with Gasteiger partial charge >= 0.3 is 5.97 Å². The summed E-state index contributed by atoms with van der Waals surface area (Å²) < 4.78 is 44.4. The highest BCUT2D eigenvalue weighted by molar-refractivity contribution is 5.68. The Bertz CT molecular complexity index is 920. The largest absolute Gasteiger partial charge is 0.480 e. The lowest BCUT2D eigenvalue weighted by atomic mass is 9.85. The Morgan fingerprint density at radius 1 is 0.968 bits per heavy atom. The van der Waals surface area contributed by atoms with Crippen LogP contribution in [-0.2, 0) is 20.7 Å². The van der Waals surface area contributed by atoms with Gasteiger partial charge in [0.2, 0.25) is 0 Å². The predicted molar refractivity (Wildman–Crippen MR) is 109 cm³/mol. The lowest BCUT2D eigenvalue weighted by Crippen LogP contribution is -2.27. The summed E-state index contributed by atoms with van der Waals surface area (Å²) in [6.07, 6.45) is 5.24. The molecule has 7 heteroatoms. The Morgan fingerprint density at radius 3 is 2.42 bits per heavy atom. The van der Waals surface area contributed by atoms with Crippen LogP contribution in [0.5, 0.6) is 11.5 Å². The number of halogens is 2. The zero-order valence-corrected chi connectivity index (χ0v) is 17.2. The lowest BCUT2D eigenvalue weighted by Gasteiger charge is -2.28. The summed E-state index contributed by atoms with van der Waals surface area (Å²) >= 11 is 0. The number of hydrogen-bond acceptors (Lipinski definition) is 4. The Balaban J connectivity index is 1.30. The van der Waals surface area contributed by atoms with E-state index in [0.29, 0.717) is 31.1 Å². The lowest BCUT2D eigenvalue weighted by molar-refractivity contribution is -0.143. The van der Waals surface area contributed by atoms with Gasteiger partial charge in [0.15, 0.2) is 0 Å². The first-order valence-electron chi connectivity index (χ1n) is 10.5. The first-order chi connectivity index (χ1) is 14.9. The summed E-state index contributed by atoms with van der Waals surface area (Å²) in [7, 11) is 0. The summed E-state index contributed by atoms with van der Waals surface area (Å²) in [6, 6.07) is 10.1. The Labute approximate surface area is 179 Å². The molecule has 0 spiro atoms. The SMILES string of the molecule is O=C(O)COCC12CCC(OCCc3cc(F)cc(Oc4ccc(F)cc4)c3)(CC1)C2. The fourth-order valence-electron chi connectivity index (χ4n) is 4.87. The predicted octanol–water partition coefficient (Wildman–Crippen LogP) is 5.12. The van der Waals surface area contributed by atoms with E-state index in [4.69, 9.17) is 19.3 Å². The minimum atomic E-state index is -0.951. The molecule has 166 valence electrons. The molecule has 0 amide bonds. The van der Waals surface area contributed by atoms with Crippen molar-refractivity contribution in [2.24, 2.45) is 5.41 Å². The normalized spacial score (nSPS) is 24.5. The van der Waals surface area contributed by atoms with E-state index in [2.05, 4.69) is 0 Å². The van der Waals surface area contributed by atoms with Gasteiger partial charge in [-0.05, 0) is 85.9 Å². The van der Waals surface area contributed by atoms with Crippen LogP contribution in [0.3, 0.4) is 0 Å². The number of benzene rings is 2.